The molecule has 1 N–H and O–H groups in total. The van der Waals surface area contributed by atoms with Crippen LogP contribution in [0.25, 0.3) is 0 Å². The van der Waals surface area contributed by atoms with E-state index in [0.717, 1.165) is 58.4 Å². The van der Waals surface area contributed by atoms with Crippen molar-refractivity contribution in [3.8, 4) is 0 Å². The van der Waals surface area contributed by atoms with E-state index in [1.54, 1.807) is 0 Å². The summed E-state index contributed by atoms with van der Waals surface area (Å²) in [6, 6.07) is 0. The highest BCUT2D eigenvalue weighted by molar-refractivity contribution is 5.82. The van der Waals surface area contributed by atoms with Crippen molar-refractivity contribution in [3.63, 3.8) is 0 Å². The molecule has 2 fully saturated rings. The van der Waals surface area contributed by atoms with Gasteiger partial charge in [-0.25, -0.2) is 0 Å². The maximum Gasteiger partial charge on any atom is 0.136 e. The van der Waals surface area contributed by atoms with E-state index in [4.69, 9.17) is 0 Å². The molecule has 0 amide bonds. The summed E-state index contributed by atoms with van der Waals surface area (Å²) in [6.45, 7) is 5.65. The molecule has 3 heteroatoms. The maximum atomic E-state index is 11.4. The van der Waals surface area contributed by atoms with Crippen molar-refractivity contribution in [3.05, 3.63) is 0 Å². The fourth-order valence-electron chi connectivity index (χ4n) is 2.47. The lowest BCUT2D eigenvalue weighted by Gasteiger charge is -2.27. The van der Waals surface area contributed by atoms with Crippen LogP contribution in [0.1, 0.15) is 25.7 Å². The zero-order chi connectivity index (χ0) is 9.80. The summed E-state index contributed by atoms with van der Waals surface area (Å²) in [5.74, 6) is 0.907. The number of nitrogens with zero attached hydrogens (tertiary/aromatic N) is 1. The molecule has 1 saturated heterocycles. The highest BCUT2D eigenvalue weighted by Gasteiger charge is 2.24. The van der Waals surface area contributed by atoms with Crippen LogP contribution in [0.4, 0.5) is 0 Å². The van der Waals surface area contributed by atoms with Crippen LogP contribution < -0.4 is 5.32 Å². The van der Waals surface area contributed by atoms with Crippen molar-refractivity contribution in [2.45, 2.75) is 25.7 Å². The number of Topliss-reactive ketones (excluding diaryl/α,β-unsaturated/α-hetero) is 1. The standard InChI is InChI=1S/C11H20N2O/c14-11-3-1-2-10(11)4-7-13-8-5-12-6-9-13/h10,12H,1-9H2. The second-order valence-corrected chi connectivity index (χ2v) is 4.44. The Bertz CT molecular complexity index is 199. The highest BCUT2D eigenvalue weighted by Crippen LogP contribution is 2.24. The van der Waals surface area contributed by atoms with Crippen molar-refractivity contribution in [1.29, 1.82) is 0 Å². The van der Waals surface area contributed by atoms with Gasteiger partial charge in [0.15, 0.2) is 0 Å². The number of ketones is 1. The number of nitrogens with one attached hydrogen (secondary N) is 1. The number of piperazine rings is 1. The zero-order valence-corrected chi connectivity index (χ0v) is 8.80. The van der Waals surface area contributed by atoms with Gasteiger partial charge in [-0.3, -0.25) is 4.79 Å². The molecular formula is C11H20N2O. The first-order valence-electron chi connectivity index (χ1n) is 5.82. The Morgan fingerprint density at radius 1 is 1.36 bits per heavy atom. The van der Waals surface area contributed by atoms with E-state index in [2.05, 4.69) is 10.2 Å². The van der Waals surface area contributed by atoms with E-state index in [1.807, 2.05) is 0 Å². The third kappa shape index (κ3) is 2.55. The molecule has 0 aromatic heterocycles. The first kappa shape index (κ1) is 10.1. The van der Waals surface area contributed by atoms with E-state index in [0.29, 0.717) is 11.7 Å². The SMILES string of the molecule is O=C1CCCC1CCN1CCNCC1. The van der Waals surface area contributed by atoms with E-state index in [1.165, 1.54) is 0 Å². The molecule has 2 aliphatic rings. The van der Waals surface area contributed by atoms with Gasteiger partial charge < -0.3 is 10.2 Å². The highest BCUT2D eigenvalue weighted by atomic mass is 16.1. The summed E-state index contributed by atoms with van der Waals surface area (Å²) in [6.07, 6.45) is 4.21. The Balaban J connectivity index is 1.68. The molecule has 1 saturated carbocycles. The lowest BCUT2D eigenvalue weighted by molar-refractivity contribution is -0.120. The van der Waals surface area contributed by atoms with Gasteiger partial charge in [0.1, 0.15) is 5.78 Å². The number of hydrogen-bond donors (Lipinski definition) is 1. The van der Waals surface area contributed by atoms with Crippen LogP contribution in [-0.4, -0.2) is 43.4 Å². The van der Waals surface area contributed by atoms with Gasteiger partial charge >= 0.3 is 0 Å². The summed E-state index contributed by atoms with van der Waals surface area (Å²) < 4.78 is 0. The second kappa shape index (κ2) is 4.89. The molecule has 1 aliphatic heterocycles. The topological polar surface area (TPSA) is 32.3 Å². The summed E-state index contributed by atoms with van der Waals surface area (Å²) in [5, 5.41) is 3.34. The molecule has 0 aromatic rings. The molecule has 0 radical (unpaired) electrons. The van der Waals surface area contributed by atoms with Crippen molar-refractivity contribution < 1.29 is 4.79 Å². The molecule has 1 atom stereocenters. The predicted molar refractivity (Wildman–Crippen MR) is 56.3 cm³/mol. The van der Waals surface area contributed by atoms with E-state index in [-0.39, 0.29) is 0 Å². The maximum absolute atomic E-state index is 11.4. The first-order chi connectivity index (χ1) is 6.86. The zero-order valence-electron chi connectivity index (χ0n) is 8.80. The minimum Gasteiger partial charge on any atom is -0.314 e. The average molecular weight is 196 g/mol. The largest absolute Gasteiger partial charge is 0.314 e. The Morgan fingerprint density at radius 3 is 2.79 bits per heavy atom. The van der Waals surface area contributed by atoms with Crippen LogP contribution in [0.2, 0.25) is 0 Å². The van der Waals surface area contributed by atoms with Gasteiger partial charge in [0, 0.05) is 38.5 Å². The minimum atomic E-state index is 0.393. The van der Waals surface area contributed by atoms with Gasteiger partial charge in [0.25, 0.3) is 0 Å². The van der Waals surface area contributed by atoms with Crippen molar-refractivity contribution >= 4 is 5.78 Å². The van der Waals surface area contributed by atoms with Crippen LogP contribution in [0.5, 0.6) is 0 Å². The summed E-state index contributed by atoms with van der Waals surface area (Å²) >= 11 is 0. The molecule has 3 nitrogen and oxygen atoms in total. The van der Waals surface area contributed by atoms with E-state index in [9.17, 15) is 4.79 Å². The van der Waals surface area contributed by atoms with E-state index < -0.39 is 0 Å². The van der Waals surface area contributed by atoms with E-state index >= 15 is 0 Å². The molecule has 0 aromatic carbocycles. The molecule has 0 bridgehead atoms. The quantitative estimate of drug-likeness (QED) is 0.719. The van der Waals surface area contributed by atoms with Crippen molar-refractivity contribution in [2.75, 3.05) is 32.7 Å². The Morgan fingerprint density at radius 2 is 2.14 bits per heavy atom. The fraction of sp³-hybridized carbons (Fsp3) is 0.909. The Hall–Kier alpha value is -0.410. The molecule has 2 rings (SSSR count). The summed E-state index contributed by atoms with van der Waals surface area (Å²) in [5.41, 5.74) is 0. The molecule has 1 aliphatic carbocycles. The number of carbonyl (C=O) groups excluding carboxylic acids is 1. The third-order valence-electron chi connectivity index (χ3n) is 3.43. The molecule has 80 valence electrons. The van der Waals surface area contributed by atoms with Crippen LogP contribution in [-0.2, 0) is 4.79 Å². The van der Waals surface area contributed by atoms with Gasteiger partial charge in [0.2, 0.25) is 0 Å². The monoisotopic (exact) mass is 196 g/mol. The smallest absolute Gasteiger partial charge is 0.136 e. The second-order valence-electron chi connectivity index (χ2n) is 4.44. The van der Waals surface area contributed by atoms with Gasteiger partial charge in [-0.2, -0.15) is 0 Å². The van der Waals surface area contributed by atoms with Gasteiger partial charge in [0.05, 0.1) is 0 Å². The average Bonchev–Trinajstić information content (AvgIpc) is 2.63. The third-order valence-corrected chi connectivity index (χ3v) is 3.43. The van der Waals surface area contributed by atoms with Crippen molar-refractivity contribution in [1.82, 2.24) is 10.2 Å². The van der Waals surface area contributed by atoms with Crippen molar-refractivity contribution in [2.24, 2.45) is 5.92 Å². The molecule has 1 heterocycles. The molecular weight excluding hydrogens is 176 g/mol. The van der Waals surface area contributed by atoms with Gasteiger partial charge in [-0.1, -0.05) is 0 Å². The normalized spacial score (nSPS) is 29.7. The number of rotatable bonds is 3. The predicted octanol–water partition coefficient (Wildman–Crippen LogP) is 0.651. The van der Waals surface area contributed by atoms with Gasteiger partial charge in [-0.05, 0) is 25.8 Å². The van der Waals surface area contributed by atoms with Crippen LogP contribution in [0.15, 0.2) is 0 Å². The summed E-state index contributed by atoms with van der Waals surface area (Å²) in [4.78, 5) is 13.9. The molecule has 14 heavy (non-hydrogen) atoms. The number of carbonyl (C=O) groups is 1. The first-order valence-corrected chi connectivity index (χ1v) is 5.82. The van der Waals surface area contributed by atoms with Crippen LogP contribution in [0, 0.1) is 5.92 Å². The minimum absolute atomic E-state index is 0.393. The lowest BCUT2D eigenvalue weighted by atomic mass is 10.0. The Kier molecular flexibility index (Phi) is 3.54. The van der Waals surface area contributed by atoms with Gasteiger partial charge in [-0.15, -0.1) is 0 Å². The van der Waals surface area contributed by atoms with Crippen LogP contribution in [0.3, 0.4) is 0 Å². The summed E-state index contributed by atoms with van der Waals surface area (Å²) in [7, 11) is 0. The fourth-order valence-corrected chi connectivity index (χ4v) is 2.47. The lowest BCUT2D eigenvalue weighted by Crippen LogP contribution is -2.44. The van der Waals surface area contributed by atoms with Crippen LogP contribution >= 0.6 is 0 Å². The molecule has 0 spiro atoms. The Labute approximate surface area is 85.8 Å². The molecule has 1 unspecified atom stereocenters. The number of hydrogen-bond acceptors (Lipinski definition) is 3.